The van der Waals surface area contributed by atoms with Crippen molar-refractivity contribution in [1.82, 2.24) is 39.8 Å². The van der Waals surface area contributed by atoms with E-state index in [1.165, 1.54) is 12.3 Å². The number of likely N-dealkylation sites (tertiary alicyclic amines) is 1. The zero-order chi connectivity index (χ0) is 29.3. The molecule has 5 heterocycles. The van der Waals surface area contributed by atoms with Crippen molar-refractivity contribution in [3.05, 3.63) is 78.4 Å². The predicted molar refractivity (Wildman–Crippen MR) is 153 cm³/mol. The van der Waals surface area contributed by atoms with Gasteiger partial charge in [-0.25, -0.2) is 28.2 Å². The molecule has 0 bridgehead atoms. The Morgan fingerprint density at radius 2 is 1.93 bits per heavy atom. The Bertz CT molecular complexity index is 1540. The number of rotatable bonds is 9. The third-order valence-corrected chi connectivity index (χ3v) is 7.85. The van der Waals surface area contributed by atoms with E-state index >= 15 is 0 Å². The lowest BCUT2D eigenvalue weighted by Crippen LogP contribution is -2.54. The minimum Gasteiger partial charge on any atom is -0.383 e. The molecule has 3 aromatic heterocycles. The first-order valence-corrected chi connectivity index (χ1v) is 13.8. The fourth-order valence-corrected chi connectivity index (χ4v) is 5.47. The summed E-state index contributed by atoms with van der Waals surface area (Å²) in [6.07, 6.45) is 6.25. The van der Waals surface area contributed by atoms with E-state index in [-0.39, 0.29) is 36.8 Å². The first-order valence-electron chi connectivity index (χ1n) is 13.8. The number of carbonyl (C=O) groups is 1. The fourth-order valence-electron chi connectivity index (χ4n) is 5.47. The van der Waals surface area contributed by atoms with E-state index in [0.29, 0.717) is 48.9 Å². The third kappa shape index (κ3) is 5.50. The van der Waals surface area contributed by atoms with E-state index in [2.05, 4.69) is 30.8 Å². The molecule has 13 heteroatoms. The Hall–Kier alpha value is -4.20. The number of aromatic nitrogens is 5. The van der Waals surface area contributed by atoms with Gasteiger partial charge in [-0.3, -0.25) is 10.2 Å². The number of amides is 2. The first kappa shape index (κ1) is 27.9. The molecule has 0 aliphatic carbocycles. The van der Waals surface area contributed by atoms with E-state index in [0.717, 1.165) is 5.69 Å². The Kier molecular flexibility index (Phi) is 7.71. The van der Waals surface area contributed by atoms with Gasteiger partial charge in [0.25, 0.3) is 0 Å². The first-order chi connectivity index (χ1) is 20.3. The molecule has 4 aromatic rings. The third-order valence-electron chi connectivity index (χ3n) is 7.85. The van der Waals surface area contributed by atoms with Crippen molar-refractivity contribution < 1.29 is 18.3 Å². The molecule has 220 valence electrons. The van der Waals surface area contributed by atoms with Crippen LogP contribution in [0.15, 0.2) is 61.2 Å². The minimum atomic E-state index is -1.56. The molecular formula is C29H33F2N9O2. The number of halogens is 2. The van der Waals surface area contributed by atoms with E-state index in [1.54, 1.807) is 34.9 Å². The predicted octanol–water partition coefficient (Wildman–Crippen LogP) is 3.04. The molecule has 2 aliphatic rings. The van der Waals surface area contributed by atoms with Crippen LogP contribution in [-0.4, -0.2) is 87.7 Å². The number of hydrogen-bond acceptors (Lipinski definition) is 7. The molecular weight excluding hydrogens is 544 g/mol. The lowest BCUT2D eigenvalue weighted by atomic mass is 9.98. The van der Waals surface area contributed by atoms with Gasteiger partial charge >= 0.3 is 6.03 Å². The van der Waals surface area contributed by atoms with Crippen molar-refractivity contribution >= 4 is 11.8 Å². The quantitative estimate of drug-likeness (QED) is 0.280. The number of urea groups is 1. The highest BCUT2D eigenvalue weighted by Crippen LogP contribution is 2.32. The highest BCUT2D eigenvalue weighted by molar-refractivity contribution is 5.91. The van der Waals surface area contributed by atoms with Crippen LogP contribution in [0.5, 0.6) is 0 Å². The van der Waals surface area contributed by atoms with Gasteiger partial charge < -0.3 is 19.9 Å². The number of methoxy groups -OCH3 is 1. The molecule has 11 nitrogen and oxygen atoms in total. The maximum atomic E-state index is 14.8. The maximum absolute atomic E-state index is 14.8. The Morgan fingerprint density at radius 1 is 1.17 bits per heavy atom. The van der Waals surface area contributed by atoms with E-state index in [1.807, 2.05) is 37.3 Å². The fraction of sp³-hybridized carbons (Fsp3) is 0.379. The van der Waals surface area contributed by atoms with Crippen molar-refractivity contribution in [3.8, 4) is 16.9 Å². The molecule has 3 N–H and O–H groups in total. The number of ether oxygens (including phenoxy) is 1. The monoisotopic (exact) mass is 577 g/mol. The summed E-state index contributed by atoms with van der Waals surface area (Å²) in [6, 6.07) is 9.99. The second kappa shape index (κ2) is 11.6. The van der Waals surface area contributed by atoms with Gasteiger partial charge in [0.1, 0.15) is 17.3 Å². The van der Waals surface area contributed by atoms with Crippen molar-refractivity contribution in [2.45, 2.75) is 24.7 Å². The number of anilines is 1. The molecule has 2 amide bonds. The van der Waals surface area contributed by atoms with Crippen molar-refractivity contribution in [2.24, 2.45) is 0 Å². The molecule has 0 saturated carbocycles. The largest absolute Gasteiger partial charge is 0.383 e. The minimum absolute atomic E-state index is 0.135. The number of benzene rings is 1. The number of nitrogens with zero attached hydrogens (tertiary/aromatic N) is 6. The van der Waals surface area contributed by atoms with Crippen LogP contribution in [0.2, 0.25) is 0 Å². The van der Waals surface area contributed by atoms with E-state index < -0.39 is 11.7 Å². The smallest absolute Gasteiger partial charge is 0.320 e. The van der Waals surface area contributed by atoms with Crippen LogP contribution in [0, 0.1) is 12.7 Å². The molecule has 2 saturated heterocycles. The summed E-state index contributed by atoms with van der Waals surface area (Å²) < 4.78 is 37.3. The number of carbonyl (C=O) groups excluding carboxylic acids is 1. The average molecular weight is 578 g/mol. The van der Waals surface area contributed by atoms with E-state index in [9.17, 15) is 13.6 Å². The maximum Gasteiger partial charge on any atom is 0.320 e. The van der Waals surface area contributed by atoms with Gasteiger partial charge in [-0.05, 0) is 25.1 Å². The summed E-state index contributed by atoms with van der Waals surface area (Å²) in [4.78, 5) is 24.2. The van der Waals surface area contributed by atoms with Crippen molar-refractivity contribution in [1.29, 1.82) is 0 Å². The zero-order valence-corrected chi connectivity index (χ0v) is 23.4. The second-order valence-electron chi connectivity index (χ2n) is 10.7. The second-order valence-corrected chi connectivity index (χ2v) is 10.7. The van der Waals surface area contributed by atoms with Crippen LogP contribution in [0.3, 0.4) is 0 Å². The zero-order valence-electron chi connectivity index (χ0n) is 23.4. The average Bonchev–Trinajstić information content (AvgIpc) is 3.68. The summed E-state index contributed by atoms with van der Waals surface area (Å²) in [5, 5.41) is 13.8. The highest BCUT2D eigenvalue weighted by atomic mass is 19.1. The van der Waals surface area contributed by atoms with Gasteiger partial charge in [-0.1, -0.05) is 18.2 Å². The normalized spacial score (nSPS) is 19.9. The summed E-state index contributed by atoms with van der Waals surface area (Å²) in [5.41, 5.74) is 1.04. The summed E-state index contributed by atoms with van der Waals surface area (Å²) in [5.74, 6) is 0.281. The molecule has 42 heavy (non-hydrogen) atoms. The van der Waals surface area contributed by atoms with Crippen LogP contribution in [0.4, 0.5) is 19.4 Å². The standard InChI is InChI=1S/C29H33F2N9O2/c1-19-25(20-12-33-27(34-13-20)29(31)17-32-18-29)37-40(22-6-4-3-5-7-22)26(19)36-28(41)35-23-15-38(10-11-42-2)16-24(23)39-9-8-21(30)14-39/h3-9,12-14,23-24,32H,10-11,15-18H2,1-2H3,(H2,35,36,41)/t23-,24-/m1/s1. The highest BCUT2D eigenvalue weighted by Gasteiger charge is 2.42. The summed E-state index contributed by atoms with van der Waals surface area (Å²) >= 11 is 0. The molecule has 2 fully saturated rings. The number of nitrogens with one attached hydrogen (secondary N) is 3. The molecule has 2 atom stereocenters. The SMILES string of the molecule is COCCN1C[C@@H](n2ccc(F)c2)[C@H](NC(=O)Nc2c(C)c(-c3cnc(C4(F)CNC4)nc3)nn2-c2ccccc2)C1. The van der Waals surface area contributed by atoms with Gasteiger partial charge in [-0.2, -0.15) is 5.10 Å². The Balaban J connectivity index is 1.26. The van der Waals surface area contributed by atoms with Crippen LogP contribution in [0.25, 0.3) is 16.9 Å². The van der Waals surface area contributed by atoms with Gasteiger partial charge in [0.15, 0.2) is 11.5 Å². The lowest BCUT2D eigenvalue weighted by Gasteiger charge is -2.33. The lowest BCUT2D eigenvalue weighted by molar-refractivity contribution is 0.0786. The molecule has 1 aromatic carbocycles. The van der Waals surface area contributed by atoms with Gasteiger partial charge in [0, 0.05) is 75.7 Å². The van der Waals surface area contributed by atoms with Gasteiger partial charge in [0.05, 0.1) is 24.4 Å². The topological polar surface area (TPSA) is 114 Å². The summed E-state index contributed by atoms with van der Waals surface area (Å²) in [7, 11) is 1.65. The molecule has 0 unspecified atom stereocenters. The number of hydrogen-bond donors (Lipinski definition) is 3. The number of alkyl halides is 1. The van der Waals surface area contributed by atoms with Crippen LogP contribution in [-0.2, 0) is 10.4 Å². The molecule has 6 rings (SSSR count). The molecule has 2 aliphatic heterocycles. The summed E-state index contributed by atoms with van der Waals surface area (Å²) in [6.45, 7) is 4.69. The van der Waals surface area contributed by atoms with Crippen LogP contribution < -0.4 is 16.0 Å². The van der Waals surface area contributed by atoms with E-state index in [4.69, 9.17) is 9.84 Å². The van der Waals surface area contributed by atoms with Gasteiger partial charge in [-0.15, -0.1) is 0 Å². The van der Waals surface area contributed by atoms with Gasteiger partial charge in [0.2, 0.25) is 0 Å². The Labute approximate surface area is 241 Å². The molecule has 0 radical (unpaired) electrons. The van der Waals surface area contributed by atoms with Crippen molar-refractivity contribution in [3.63, 3.8) is 0 Å². The number of para-hydroxylation sites is 1. The van der Waals surface area contributed by atoms with Crippen LogP contribution in [0.1, 0.15) is 17.4 Å². The molecule has 0 spiro atoms. The van der Waals surface area contributed by atoms with Crippen molar-refractivity contribution in [2.75, 3.05) is 51.8 Å². The van der Waals surface area contributed by atoms with Crippen LogP contribution >= 0.6 is 0 Å². The Morgan fingerprint density at radius 3 is 2.57 bits per heavy atom.